The Labute approximate surface area is 123 Å². The van der Waals surface area contributed by atoms with Crippen LogP contribution in [0.15, 0.2) is 23.1 Å². The van der Waals surface area contributed by atoms with E-state index in [9.17, 15) is 17.9 Å². The van der Waals surface area contributed by atoms with E-state index in [0.29, 0.717) is 12.8 Å². The zero-order chi connectivity index (χ0) is 15.2. The molecule has 0 radical (unpaired) electrons. The van der Waals surface area contributed by atoms with Gasteiger partial charge in [0.25, 0.3) is 0 Å². The number of nitrogens with two attached hydrogens (primary N) is 1. The summed E-state index contributed by atoms with van der Waals surface area (Å²) in [5.41, 5.74) is 5.55. The van der Waals surface area contributed by atoms with Crippen molar-refractivity contribution < 1.29 is 17.9 Å². The van der Waals surface area contributed by atoms with Gasteiger partial charge in [-0.05, 0) is 37.8 Å². The molecular formula is C14H19FN2O3S. The second kappa shape index (κ2) is 5.31. The van der Waals surface area contributed by atoms with Crippen LogP contribution in [0.1, 0.15) is 31.2 Å². The van der Waals surface area contributed by atoms with Gasteiger partial charge in [-0.3, -0.25) is 0 Å². The first-order valence-corrected chi connectivity index (χ1v) is 8.58. The van der Waals surface area contributed by atoms with Crippen LogP contribution in [-0.4, -0.2) is 36.0 Å². The summed E-state index contributed by atoms with van der Waals surface area (Å²) in [6, 6.07) is 3.62. The van der Waals surface area contributed by atoms with E-state index in [4.69, 9.17) is 5.73 Å². The lowest BCUT2D eigenvalue weighted by Gasteiger charge is -2.36. The molecule has 0 amide bonds. The number of rotatable bonds is 3. The molecule has 3 N–H and O–H groups in total. The molecule has 5 nitrogen and oxygen atoms in total. The Hall–Kier alpha value is -1.02. The minimum Gasteiger partial charge on any atom is -0.393 e. The number of nitrogens with zero attached hydrogens (tertiary/aromatic N) is 1. The summed E-state index contributed by atoms with van der Waals surface area (Å²) in [6.07, 6.45) is 1.93. The third kappa shape index (κ3) is 2.38. The van der Waals surface area contributed by atoms with Crippen LogP contribution >= 0.6 is 0 Å². The molecular weight excluding hydrogens is 295 g/mol. The number of piperidine rings is 1. The van der Waals surface area contributed by atoms with Crippen LogP contribution in [0, 0.1) is 5.82 Å². The van der Waals surface area contributed by atoms with Gasteiger partial charge in [0.05, 0.1) is 11.0 Å². The number of sulfonamides is 1. The maximum absolute atomic E-state index is 13.8. The van der Waals surface area contributed by atoms with Crippen LogP contribution < -0.4 is 5.73 Å². The third-order valence-electron chi connectivity index (χ3n) is 4.48. The average Bonchev–Trinajstić information content (AvgIpc) is 2.72. The quantitative estimate of drug-likeness (QED) is 0.870. The Morgan fingerprint density at radius 3 is 2.48 bits per heavy atom. The van der Waals surface area contributed by atoms with Crippen molar-refractivity contribution in [2.75, 3.05) is 0 Å². The van der Waals surface area contributed by atoms with Gasteiger partial charge in [0, 0.05) is 24.2 Å². The molecule has 0 aromatic heterocycles. The molecule has 116 valence electrons. The molecule has 2 fully saturated rings. The van der Waals surface area contributed by atoms with Crippen molar-refractivity contribution in [1.82, 2.24) is 4.31 Å². The molecule has 1 aromatic rings. The van der Waals surface area contributed by atoms with Crippen LogP contribution in [0.25, 0.3) is 0 Å². The summed E-state index contributed by atoms with van der Waals surface area (Å²) in [4.78, 5) is -0.0433. The highest BCUT2D eigenvalue weighted by molar-refractivity contribution is 7.89. The SMILES string of the molecule is NCc1c(F)cccc1S(=O)(=O)N1C2CCC1CC(O)C2. The number of hydrogen-bond acceptors (Lipinski definition) is 4. The minimum atomic E-state index is -3.78. The van der Waals surface area contributed by atoms with E-state index in [-0.39, 0.29) is 29.1 Å². The Bertz CT molecular complexity index is 636. The molecule has 21 heavy (non-hydrogen) atoms. The first-order chi connectivity index (χ1) is 9.95. The van der Waals surface area contributed by atoms with Crippen LogP contribution in [0.2, 0.25) is 0 Å². The highest BCUT2D eigenvalue weighted by atomic mass is 32.2. The standard InChI is InChI=1S/C14H19FN2O3S/c15-13-2-1-3-14(12(13)8-16)21(19,20)17-9-4-5-10(17)7-11(18)6-9/h1-3,9-11,18H,4-8,16H2. The summed E-state index contributed by atoms with van der Waals surface area (Å²) in [7, 11) is -3.78. The molecule has 1 aromatic carbocycles. The Morgan fingerprint density at radius 2 is 1.90 bits per heavy atom. The van der Waals surface area contributed by atoms with Crippen molar-refractivity contribution >= 4 is 10.0 Å². The Balaban J connectivity index is 2.04. The number of benzene rings is 1. The summed E-state index contributed by atoms with van der Waals surface area (Å²) in [5.74, 6) is -0.594. The normalized spacial score (nSPS) is 29.8. The Morgan fingerprint density at radius 1 is 1.29 bits per heavy atom. The van der Waals surface area contributed by atoms with Crippen LogP contribution in [0.4, 0.5) is 4.39 Å². The lowest BCUT2D eigenvalue weighted by Crippen LogP contribution is -2.48. The number of halogens is 1. The number of fused-ring (bicyclic) bond motifs is 2. The Kier molecular flexibility index (Phi) is 3.77. The van der Waals surface area contributed by atoms with Gasteiger partial charge in [-0.2, -0.15) is 4.31 Å². The van der Waals surface area contributed by atoms with Crippen LogP contribution in [-0.2, 0) is 16.6 Å². The van der Waals surface area contributed by atoms with E-state index in [0.717, 1.165) is 12.8 Å². The van der Waals surface area contributed by atoms with Gasteiger partial charge in [-0.15, -0.1) is 0 Å². The molecule has 0 aliphatic carbocycles. The fourth-order valence-corrected chi connectivity index (χ4v) is 5.73. The first-order valence-electron chi connectivity index (χ1n) is 7.14. The predicted octanol–water partition coefficient (Wildman–Crippen LogP) is 0.961. The third-order valence-corrected chi connectivity index (χ3v) is 6.57. The fourth-order valence-electron chi connectivity index (χ4n) is 3.59. The highest BCUT2D eigenvalue weighted by Gasteiger charge is 2.47. The lowest BCUT2D eigenvalue weighted by molar-refractivity contribution is 0.0768. The van der Waals surface area contributed by atoms with Crippen molar-refractivity contribution in [1.29, 1.82) is 0 Å². The molecule has 7 heteroatoms. The maximum Gasteiger partial charge on any atom is 0.244 e. The highest BCUT2D eigenvalue weighted by Crippen LogP contribution is 2.40. The first kappa shape index (κ1) is 14.9. The second-order valence-corrected chi connectivity index (χ2v) is 7.58. The summed E-state index contributed by atoms with van der Waals surface area (Å²) in [6.45, 7) is -0.160. The van der Waals surface area contributed by atoms with Gasteiger partial charge in [0.1, 0.15) is 5.82 Å². The van der Waals surface area contributed by atoms with E-state index < -0.39 is 21.9 Å². The van der Waals surface area contributed by atoms with Crippen molar-refractivity contribution in [2.24, 2.45) is 5.73 Å². The molecule has 2 saturated heterocycles. The van der Waals surface area contributed by atoms with Crippen LogP contribution in [0.3, 0.4) is 0 Å². The number of hydrogen-bond donors (Lipinski definition) is 2. The van der Waals surface area contributed by atoms with Gasteiger partial charge in [-0.25, -0.2) is 12.8 Å². The molecule has 2 aliphatic heterocycles. The molecule has 2 unspecified atom stereocenters. The topological polar surface area (TPSA) is 83.6 Å². The zero-order valence-electron chi connectivity index (χ0n) is 11.6. The maximum atomic E-state index is 13.8. The summed E-state index contributed by atoms with van der Waals surface area (Å²) < 4.78 is 41.1. The van der Waals surface area contributed by atoms with Crippen molar-refractivity contribution in [2.45, 2.75) is 55.3 Å². The summed E-state index contributed by atoms with van der Waals surface area (Å²) in [5, 5.41) is 9.79. The summed E-state index contributed by atoms with van der Waals surface area (Å²) >= 11 is 0. The predicted molar refractivity (Wildman–Crippen MR) is 75.4 cm³/mol. The monoisotopic (exact) mass is 314 g/mol. The number of aliphatic hydroxyl groups excluding tert-OH is 1. The molecule has 2 aliphatic rings. The van der Waals surface area contributed by atoms with Crippen molar-refractivity contribution in [3.8, 4) is 0 Å². The van der Waals surface area contributed by atoms with E-state index in [1.807, 2.05) is 0 Å². The van der Waals surface area contributed by atoms with Crippen molar-refractivity contribution in [3.63, 3.8) is 0 Å². The smallest absolute Gasteiger partial charge is 0.244 e. The van der Waals surface area contributed by atoms with E-state index in [2.05, 4.69) is 0 Å². The van der Waals surface area contributed by atoms with Gasteiger partial charge >= 0.3 is 0 Å². The fraction of sp³-hybridized carbons (Fsp3) is 0.571. The number of aliphatic hydroxyl groups is 1. The van der Waals surface area contributed by atoms with Gasteiger partial charge in [0.15, 0.2) is 0 Å². The van der Waals surface area contributed by atoms with E-state index in [1.54, 1.807) is 0 Å². The molecule has 0 saturated carbocycles. The molecule has 2 heterocycles. The van der Waals surface area contributed by atoms with E-state index in [1.165, 1.54) is 22.5 Å². The largest absolute Gasteiger partial charge is 0.393 e. The second-order valence-electron chi connectivity index (χ2n) is 5.77. The molecule has 2 atom stereocenters. The minimum absolute atomic E-state index is 0.0306. The van der Waals surface area contributed by atoms with Gasteiger partial charge in [0.2, 0.25) is 10.0 Å². The lowest BCUT2D eigenvalue weighted by atomic mass is 10.0. The zero-order valence-corrected chi connectivity index (χ0v) is 12.4. The molecule has 2 bridgehead atoms. The van der Waals surface area contributed by atoms with Gasteiger partial charge < -0.3 is 10.8 Å². The van der Waals surface area contributed by atoms with E-state index >= 15 is 0 Å². The molecule has 0 spiro atoms. The van der Waals surface area contributed by atoms with Gasteiger partial charge in [-0.1, -0.05) is 6.07 Å². The van der Waals surface area contributed by atoms with Crippen LogP contribution in [0.5, 0.6) is 0 Å². The molecule has 3 rings (SSSR count). The van der Waals surface area contributed by atoms with Crippen molar-refractivity contribution in [3.05, 3.63) is 29.6 Å². The average molecular weight is 314 g/mol.